The van der Waals surface area contributed by atoms with Crippen LogP contribution in [0.1, 0.15) is 41.0 Å². The fraction of sp³-hybridized carbons (Fsp3) is 0.895. The molecule has 2 heterocycles. The molecule has 1 aliphatic carbocycles. The molecule has 2 aliphatic heterocycles. The Kier molecular flexibility index (Phi) is 5.28. The van der Waals surface area contributed by atoms with E-state index in [1.807, 2.05) is 18.7 Å². The van der Waals surface area contributed by atoms with Crippen molar-refractivity contribution < 1.29 is 9.53 Å². The molecule has 0 radical (unpaired) electrons. The largest absolute Gasteiger partial charge is 0.377 e. The van der Waals surface area contributed by atoms with E-state index >= 15 is 0 Å². The fourth-order valence-electron chi connectivity index (χ4n) is 4.65. The van der Waals surface area contributed by atoms with Crippen LogP contribution in [0, 0.1) is 17.3 Å². The van der Waals surface area contributed by atoms with Crippen molar-refractivity contribution >= 4 is 11.9 Å². The van der Waals surface area contributed by atoms with Gasteiger partial charge in [-0.15, -0.1) is 0 Å². The number of hydrogen-bond donors (Lipinski definition) is 1. The number of piperazine rings is 1. The lowest BCUT2D eigenvalue weighted by Gasteiger charge is -2.55. The highest BCUT2D eigenvalue weighted by Crippen LogP contribution is 2.52. The minimum atomic E-state index is 0.0727. The molecule has 1 amide bonds. The quantitative estimate of drug-likeness (QED) is 0.620. The van der Waals surface area contributed by atoms with Gasteiger partial charge in [-0.2, -0.15) is 0 Å². The van der Waals surface area contributed by atoms with E-state index in [0.29, 0.717) is 18.1 Å². The van der Waals surface area contributed by atoms with Crippen molar-refractivity contribution in [2.24, 2.45) is 22.2 Å². The lowest BCUT2D eigenvalue weighted by molar-refractivity contribution is -0.135. The normalized spacial score (nSPS) is 31.8. The smallest absolute Gasteiger partial charge is 0.225 e. The van der Waals surface area contributed by atoms with Gasteiger partial charge in [-0.3, -0.25) is 9.79 Å². The summed E-state index contributed by atoms with van der Waals surface area (Å²) in [6, 6.07) is 0.417. The van der Waals surface area contributed by atoms with Gasteiger partial charge in [0.05, 0.1) is 6.10 Å². The van der Waals surface area contributed by atoms with Gasteiger partial charge in [0.1, 0.15) is 0 Å². The van der Waals surface area contributed by atoms with Gasteiger partial charge in [0, 0.05) is 62.6 Å². The number of aliphatic imine (C=N–C) groups is 1. The van der Waals surface area contributed by atoms with E-state index in [1.165, 1.54) is 0 Å². The SMILES string of the molecule is CCN=C(NC1C2CCOC2C1(C)C)N1CCN(C(=O)C(C)C)CC1. The van der Waals surface area contributed by atoms with Gasteiger partial charge >= 0.3 is 0 Å². The van der Waals surface area contributed by atoms with Crippen LogP contribution in [0.4, 0.5) is 0 Å². The summed E-state index contributed by atoms with van der Waals surface area (Å²) in [5, 5.41) is 3.75. The second-order valence-electron chi connectivity index (χ2n) is 8.45. The van der Waals surface area contributed by atoms with Crippen molar-refractivity contribution in [1.29, 1.82) is 0 Å². The molecule has 1 N–H and O–H groups in total. The Balaban J connectivity index is 1.61. The van der Waals surface area contributed by atoms with E-state index in [-0.39, 0.29) is 17.2 Å². The van der Waals surface area contributed by atoms with Crippen LogP contribution in [0.3, 0.4) is 0 Å². The zero-order valence-electron chi connectivity index (χ0n) is 16.4. The summed E-state index contributed by atoms with van der Waals surface area (Å²) in [7, 11) is 0. The van der Waals surface area contributed by atoms with Gasteiger partial charge < -0.3 is 19.9 Å². The van der Waals surface area contributed by atoms with E-state index in [2.05, 4.69) is 31.0 Å². The van der Waals surface area contributed by atoms with Crippen LogP contribution in [-0.4, -0.2) is 73.1 Å². The first-order valence-corrected chi connectivity index (χ1v) is 9.82. The van der Waals surface area contributed by atoms with Crippen molar-refractivity contribution in [3.05, 3.63) is 0 Å². The molecule has 0 aromatic heterocycles. The van der Waals surface area contributed by atoms with Gasteiger partial charge in [-0.05, 0) is 13.3 Å². The van der Waals surface area contributed by atoms with Gasteiger partial charge in [0.15, 0.2) is 5.96 Å². The highest BCUT2D eigenvalue weighted by atomic mass is 16.5. The van der Waals surface area contributed by atoms with E-state index in [1.54, 1.807) is 0 Å². The first-order chi connectivity index (χ1) is 11.9. The maximum atomic E-state index is 12.2. The summed E-state index contributed by atoms with van der Waals surface area (Å²) >= 11 is 0. The van der Waals surface area contributed by atoms with Crippen molar-refractivity contribution in [2.45, 2.75) is 53.2 Å². The topological polar surface area (TPSA) is 57.2 Å². The van der Waals surface area contributed by atoms with Gasteiger partial charge in [-0.25, -0.2) is 0 Å². The van der Waals surface area contributed by atoms with Crippen LogP contribution in [-0.2, 0) is 9.53 Å². The monoisotopic (exact) mass is 350 g/mol. The number of rotatable bonds is 3. The molecule has 6 nitrogen and oxygen atoms in total. The van der Waals surface area contributed by atoms with Crippen LogP contribution in [0.5, 0.6) is 0 Å². The number of fused-ring (bicyclic) bond motifs is 1. The Labute approximate surface area is 152 Å². The molecule has 3 fully saturated rings. The number of nitrogens with one attached hydrogen (secondary N) is 1. The summed E-state index contributed by atoms with van der Waals surface area (Å²) in [4.78, 5) is 21.2. The second kappa shape index (κ2) is 7.14. The number of guanidine groups is 1. The summed E-state index contributed by atoms with van der Waals surface area (Å²) < 4.78 is 5.91. The zero-order valence-corrected chi connectivity index (χ0v) is 16.4. The number of ether oxygens (including phenoxy) is 1. The average molecular weight is 351 g/mol. The van der Waals surface area contributed by atoms with Gasteiger partial charge in [-0.1, -0.05) is 27.7 Å². The molecular weight excluding hydrogens is 316 g/mol. The first kappa shape index (κ1) is 18.5. The van der Waals surface area contributed by atoms with E-state index in [9.17, 15) is 4.79 Å². The summed E-state index contributed by atoms with van der Waals surface area (Å²) in [5.41, 5.74) is 0.144. The highest BCUT2D eigenvalue weighted by molar-refractivity contribution is 5.82. The minimum absolute atomic E-state index is 0.0727. The highest BCUT2D eigenvalue weighted by Gasteiger charge is 2.59. The Morgan fingerprint density at radius 2 is 1.88 bits per heavy atom. The maximum Gasteiger partial charge on any atom is 0.225 e. The Morgan fingerprint density at radius 3 is 2.48 bits per heavy atom. The molecule has 3 unspecified atom stereocenters. The molecule has 3 aliphatic rings. The third-order valence-corrected chi connectivity index (χ3v) is 6.08. The van der Waals surface area contributed by atoms with Crippen molar-refractivity contribution in [3.8, 4) is 0 Å². The van der Waals surface area contributed by atoms with E-state index < -0.39 is 0 Å². The van der Waals surface area contributed by atoms with Crippen LogP contribution >= 0.6 is 0 Å². The first-order valence-electron chi connectivity index (χ1n) is 9.82. The molecule has 1 saturated carbocycles. The summed E-state index contributed by atoms with van der Waals surface area (Å²) in [6.07, 6.45) is 1.52. The molecule has 0 aromatic carbocycles. The fourth-order valence-corrected chi connectivity index (χ4v) is 4.65. The maximum absolute atomic E-state index is 12.2. The molecule has 2 saturated heterocycles. The summed E-state index contributed by atoms with van der Waals surface area (Å²) in [5.74, 6) is 1.93. The third-order valence-electron chi connectivity index (χ3n) is 6.08. The molecule has 0 bridgehead atoms. The van der Waals surface area contributed by atoms with Crippen LogP contribution in [0.15, 0.2) is 4.99 Å². The molecule has 0 spiro atoms. The predicted molar refractivity (Wildman–Crippen MR) is 99.5 cm³/mol. The molecule has 6 heteroatoms. The summed E-state index contributed by atoms with van der Waals surface area (Å²) in [6.45, 7) is 15.5. The number of hydrogen-bond acceptors (Lipinski definition) is 3. The van der Waals surface area contributed by atoms with Crippen LogP contribution in [0.25, 0.3) is 0 Å². The van der Waals surface area contributed by atoms with E-state index in [4.69, 9.17) is 9.73 Å². The second-order valence-corrected chi connectivity index (χ2v) is 8.45. The van der Waals surface area contributed by atoms with Crippen molar-refractivity contribution in [1.82, 2.24) is 15.1 Å². The van der Waals surface area contributed by atoms with Crippen LogP contribution in [0.2, 0.25) is 0 Å². The van der Waals surface area contributed by atoms with Gasteiger partial charge in [0.25, 0.3) is 0 Å². The number of nitrogens with zero attached hydrogens (tertiary/aromatic N) is 3. The van der Waals surface area contributed by atoms with Gasteiger partial charge in [0.2, 0.25) is 5.91 Å². The number of amides is 1. The predicted octanol–water partition coefficient (Wildman–Crippen LogP) is 1.57. The molecule has 3 atom stereocenters. The number of carbonyl (C=O) groups is 1. The molecular formula is C19H34N4O2. The van der Waals surface area contributed by atoms with Crippen LogP contribution < -0.4 is 5.32 Å². The Morgan fingerprint density at radius 1 is 1.24 bits per heavy atom. The molecule has 142 valence electrons. The lowest BCUT2D eigenvalue weighted by atomic mass is 9.57. The minimum Gasteiger partial charge on any atom is -0.377 e. The zero-order chi connectivity index (χ0) is 18.2. The molecule has 25 heavy (non-hydrogen) atoms. The van der Waals surface area contributed by atoms with E-state index in [0.717, 1.165) is 51.7 Å². The molecule has 3 rings (SSSR count). The molecule has 0 aromatic rings. The van der Waals surface area contributed by atoms with Crippen molar-refractivity contribution in [2.75, 3.05) is 39.3 Å². The Bertz CT molecular complexity index is 524. The lowest BCUT2D eigenvalue weighted by Crippen LogP contribution is -2.68. The standard InChI is InChI=1S/C19H34N4O2/c1-6-20-18(21-15-14-7-12-25-16(14)19(15,4)5)23-10-8-22(9-11-23)17(24)13(2)3/h13-16H,6-12H2,1-5H3,(H,20,21). The number of carbonyl (C=O) groups excluding carboxylic acids is 1. The average Bonchev–Trinajstić information content (AvgIpc) is 3.05. The Hall–Kier alpha value is -1.30. The van der Waals surface area contributed by atoms with Crippen molar-refractivity contribution in [3.63, 3.8) is 0 Å². The third kappa shape index (κ3) is 3.37.